The van der Waals surface area contributed by atoms with Crippen LogP contribution in [0.3, 0.4) is 0 Å². The highest BCUT2D eigenvalue weighted by Crippen LogP contribution is 2.21. The maximum absolute atomic E-state index is 11.1. The van der Waals surface area contributed by atoms with E-state index in [0.29, 0.717) is 15.8 Å². The van der Waals surface area contributed by atoms with Crippen molar-refractivity contribution in [2.75, 3.05) is 13.6 Å². The van der Waals surface area contributed by atoms with E-state index >= 15 is 0 Å². The highest BCUT2D eigenvalue weighted by molar-refractivity contribution is 7.18. The number of rotatable bonds is 3. The smallest absolute Gasteiger partial charge is 0.186 e. The summed E-state index contributed by atoms with van der Waals surface area (Å²) in [5.41, 5.74) is 0. The molecule has 0 radical (unpaired) electrons. The van der Waals surface area contributed by atoms with Gasteiger partial charge in [0, 0.05) is 0 Å². The zero-order valence-electron chi connectivity index (χ0n) is 6.06. The Hall–Kier alpha value is -0.380. The van der Waals surface area contributed by atoms with Crippen molar-refractivity contribution in [3.63, 3.8) is 0 Å². The van der Waals surface area contributed by atoms with Gasteiger partial charge in [0.1, 0.15) is 0 Å². The zero-order valence-corrected chi connectivity index (χ0v) is 7.63. The second kappa shape index (κ2) is 3.85. The largest absolute Gasteiger partial charge is 0.313 e. The molecule has 0 unspecified atom stereocenters. The summed E-state index contributed by atoms with van der Waals surface area (Å²) in [7, 11) is 1.74. The minimum Gasteiger partial charge on any atom is -0.313 e. The molecule has 0 saturated heterocycles. The molecule has 60 valence electrons. The van der Waals surface area contributed by atoms with Gasteiger partial charge in [0.2, 0.25) is 0 Å². The first-order valence-corrected chi connectivity index (χ1v) is 4.36. The van der Waals surface area contributed by atoms with Crippen LogP contribution in [-0.4, -0.2) is 19.4 Å². The first kappa shape index (κ1) is 8.71. The van der Waals surface area contributed by atoms with Crippen LogP contribution in [0.15, 0.2) is 12.1 Å². The Balaban J connectivity index is 2.69. The van der Waals surface area contributed by atoms with Crippen molar-refractivity contribution in [3.05, 3.63) is 21.3 Å². The van der Waals surface area contributed by atoms with E-state index in [1.165, 1.54) is 11.3 Å². The third kappa shape index (κ3) is 2.29. The Kier molecular flexibility index (Phi) is 3.05. The molecule has 0 aliphatic rings. The molecule has 0 spiro atoms. The van der Waals surface area contributed by atoms with E-state index in [0.717, 1.165) is 0 Å². The highest BCUT2D eigenvalue weighted by Gasteiger charge is 2.06. The van der Waals surface area contributed by atoms with Crippen LogP contribution in [0.4, 0.5) is 0 Å². The SMILES string of the molecule is CNCC(=O)c1ccc(Cl)s1. The van der Waals surface area contributed by atoms with Crippen LogP contribution in [0.25, 0.3) is 0 Å². The molecule has 0 saturated carbocycles. The van der Waals surface area contributed by atoms with Gasteiger partial charge in [0.05, 0.1) is 15.8 Å². The standard InChI is InChI=1S/C7H8ClNOS/c1-9-4-5(10)6-2-3-7(8)11-6/h2-3,9H,4H2,1H3. The summed E-state index contributed by atoms with van der Waals surface area (Å²) in [6.45, 7) is 0.372. The van der Waals surface area contributed by atoms with Gasteiger partial charge in [0.25, 0.3) is 0 Å². The van der Waals surface area contributed by atoms with E-state index in [2.05, 4.69) is 5.32 Å². The molecule has 1 aromatic rings. The molecule has 1 rings (SSSR count). The van der Waals surface area contributed by atoms with Crippen LogP contribution in [-0.2, 0) is 0 Å². The van der Waals surface area contributed by atoms with E-state index in [9.17, 15) is 4.79 Å². The van der Waals surface area contributed by atoms with Gasteiger partial charge in [-0.25, -0.2) is 0 Å². The molecule has 2 nitrogen and oxygen atoms in total. The number of carbonyl (C=O) groups is 1. The minimum atomic E-state index is 0.0874. The van der Waals surface area contributed by atoms with E-state index in [-0.39, 0.29) is 5.78 Å². The summed E-state index contributed by atoms with van der Waals surface area (Å²) in [4.78, 5) is 11.9. The van der Waals surface area contributed by atoms with Gasteiger partial charge in [-0.05, 0) is 19.2 Å². The number of thiophene rings is 1. The molecule has 0 bridgehead atoms. The molecule has 0 atom stereocenters. The molecule has 1 heterocycles. The second-order valence-electron chi connectivity index (χ2n) is 2.06. The Bertz CT molecular complexity index is 259. The average molecular weight is 190 g/mol. The van der Waals surface area contributed by atoms with Gasteiger partial charge in [-0.15, -0.1) is 11.3 Å². The predicted molar refractivity (Wildman–Crippen MR) is 47.6 cm³/mol. The maximum atomic E-state index is 11.1. The van der Waals surface area contributed by atoms with Gasteiger partial charge in [-0.1, -0.05) is 11.6 Å². The second-order valence-corrected chi connectivity index (χ2v) is 3.77. The lowest BCUT2D eigenvalue weighted by Gasteiger charge is -1.93. The number of Topliss-reactive ketones (excluding diaryl/α,β-unsaturated/α-hetero) is 1. The number of ketones is 1. The molecule has 0 aliphatic heterocycles. The van der Waals surface area contributed by atoms with Gasteiger partial charge < -0.3 is 5.32 Å². The number of nitrogens with one attached hydrogen (secondary N) is 1. The van der Waals surface area contributed by atoms with Crippen LogP contribution in [0, 0.1) is 0 Å². The minimum absolute atomic E-state index is 0.0874. The van der Waals surface area contributed by atoms with Crippen LogP contribution < -0.4 is 5.32 Å². The van der Waals surface area contributed by atoms with Crippen molar-refractivity contribution in [2.24, 2.45) is 0 Å². The Labute approximate surface area is 74.2 Å². The molecule has 0 fully saturated rings. The Morgan fingerprint density at radius 3 is 2.91 bits per heavy atom. The molecular weight excluding hydrogens is 182 g/mol. The zero-order chi connectivity index (χ0) is 8.27. The fourth-order valence-corrected chi connectivity index (χ4v) is 1.69. The van der Waals surface area contributed by atoms with Crippen molar-refractivity contribution in [2.45, 2.75) is 0 Å². The van der Waals surface area contributed by atoms with Crippen molar-refractivity contribution in [1.29, 1.82) is 0 Å². The van der Waals surface area contributed by atoms with Crippen LogP contribution in [0.2, 0.25) is 4.34 Å². The van der Waals surface area contributed by atoms with Crippen molar-refractivity contribution in [1.82, 2.24) is 5.32 Å². The fourth-order valence-electron chi connectivity index (χ4n) is 0.712. The van der Waals surface area contributed by atoms with E-state index < -0.39 is 0 Å². The molecule has 0 amide bonds. The summed E-state index contributed by atoms with van der Waals surface area (Å²) >= 11 is 6.96. The molecule has 0 aliphatic carbocycles. The van der Waals surface area contributed by atoms with Crippen molar-refractivity contribution >= 4 is 28.7 Å². The van der Waals surface area contributed by atoms with Gasteiger partial charge in [-0.2, -0.15) is 0 Å². The Morgan fingerprint density at radius 1 is 1.73 bits per heavy atom. The van der Waals surface area contributed by atoms with Crippen LogP contribution >= 0.6 is 22.9 Å². The van der Waals surface area contributed by atoms with Crippen molar-refractivity contribution < 1.29 is 4.79 Å². The van der Waals surface area contributed by atoms with Crippen LogP contribution in [0.1, 0.15) is 9.67 Å². The van der Waals surface area contributed by atoms with Gasteiger partial charge >= 0.3 is 0 Å². The first-order chi connectivity index (χ1) is 5.24. The summed E-state index contributed by atoms with van der Waals surface area (Å²) < 4.78 is 0.657. The molecular formula is C7H8ClNOS. The number of carbonyl (C=O) groups excluding carboxylic acids is 1. The predicted octanol–water partition coefficient (Wildman–Crippen LogP) is 1.80. The topological polar surface area (TPSA) is 29.1 Å². The van der Waals surface area contributed by atoms with Crippen molar-refractivity contribution in [3.8, 4) is 0 Å². The third-order valence-electron chi connectivity index (χ3n) is 1.19. The Morgan fingerprint density at radius 2 is 2.45 bits per heavy atom. The number of hydrogen-bond acceptors (Lipinski definition) is 3. The summed E-state index contributed by atoms with van der Waals surface area (Å²) in [5.74, 6) is 0.0874. The average Bonchev–Trinajstić information content (AvgIpc) is 2.36. The molecule has 0 aromatic carbocycles. The van der Waals surface area contributed by atoms with Gasteiger partial charge in [-0.3, -0.25) is 4.79 Å². The first-order valence-electron chi connectivity index (χ1n) is 3.17. The normalized spacial score (nSPS) is 10.0. The number of halogens is 1. The van der Waals surface area contributed by atoms with E-state index in [1.807, 2.05) is 0 Å². The highest BCUT2D eigenvalue weighted by atomic mass is 35.5. The molecule has 1 N–H and O–H groups in total. The number of likely N-dealkylation sites (N-methyl/N-ethyl adjacent to an activating group) is 1. The lowest BCUT2D eigenvalue weighted by molar-refractivity contribution is 0.0997. The lowest BCUT2D eigenvalue weighted by Crippen LogP contribution is -2.17. The van der Waals surface area contributed by atoms with E-state index in [4.69, 9.17) is 11.6 Å². The quantitative estimate of drug-likeness (QED) is 0.735. The monoisotopic (exact) mass is 189 g/mol. The third-order valence-corrected chi connectivity index (χ3v) is 2.46. The fraction of sp³-hybridized carbons (Fsp3) is 0.286. The number of hydrogen-bond donors (Lipinski definition) is 1. The molecule has 1 aromatic heterocycles. The molecule has 4 heteroatoms. The summed E-state index contributed by atoms with van der Waals surface area (Å²) in [6, 6.07) is 3.47. The lowest BCUT2D eigenvalue weighted by atomic mass is 10.3. The van der Waals surface area contributed by atoms with Gasteiger partial charge in [0.15, 0.2) is 5.78 Å². The van der Waals surface area contributed by atoms with Crippen LogP contribution in [0.5, 0.6) is 0 Å². The molecule has 11 heavy (non-hydrogen) atoms. The maximum Gasteiger partial charge on any atom is 0.186 e. The van der Waals surface area contributed by atoms with E-state index in [1.54, 1.807) is 19.2 Å². The summed E-state index contributed by atoms with van der Waals surface area (Å²) in [6.07, 6.45) is 0. The summed E-state index contributed by atoms with van der Waals surface area (Å²) in [5, 5.41) is 2.79.